The van der Waals surface area contributed by atoms with E-state index in [-0.39, 0.29) is 5.78 Å². The Morgan fingerprint density at radius 2 is 1.76 bits per heavy atom. The van der Waals surface area contributed by atoms with E-state index in [1.165, 1.54) is 37.7 Å². The lowest BCUT2D eigenvalue weighted by atomic mass is 9.84. The third-order valence-corrected chi connectivity index (χ3v) is 3.68. The van der Waals surface area contributed by atoms with Gasteiger partial charge in [0.15, 0.2) is 5.78 Å². The van der Waals surface area contributed by atoms with Gasteiger partial charge < -0.3 is 5.73 Å². The molecule has 0 saturated heterocycles. The quantitative estimate of drug-likeness (QED) is 0.808. The highest BCUT2D eigenvalue weighted by atomic mass is 16.1. The summed E-state index contributed by atoms with van der Waals surface area (Å²) in [5, 5.41) is 0. The molecule has 0 aliphatic heterocycles. The molecule has 2 rings (SSSR count). The molecule has 0 atom stereocenters. The van der Waals surface area contributed by atoms with Crippen LogP contribution in [0.3, 0.4) is 0 Å². The average molecular weight is 231 g/mol. The predicted molar refractivity (Wildman–Crippen MR) is 70.3 cm³/mol. The normalized spacial score (nSPS) is 17.0. The first-order valence-corrected chi connectivity index (χ1v) is 6.64. The van der Waals surface area contributed by atoms with Crippen molar-refractivity contribution in [1.29, 1.82) is 0 Å². The second-order valence-electron chi connectivity index (χ2n) is 4.92. The molecule has 0 radical (unpaired) electrons. The largest absolute Gasteiger partial charge is 0.330 e. The second kappa shape index (κ2) is 5.97. The van der Waals surface area contributed by atoms with Crippen LogP contribution in [0.25, 0.3) is 0 Å². The molecular weight excluding hydrogens is 210 g/mol. The number of hydrogen-bond acceptors (Lipinski definition) is 2. The Balaban J connectivity index is 2.04. The van der Waals surface area contributed by atoms with Crippen molar-refractivity contribution >= 4 is 5.78 Å². The summed E-state index contributed by atoms with van der Waals surface area (Å²) in [4.78, 5) is 11.7. The van der Waals surface area contributed by atoms with Crippen LogP contribution < -0.4 is 5.73 Å². The van der Waals surface area contributed by atoms with E-state index in [1.54, 1.807) is 0 Å². The Labute approximate surface area is 103 Å². The number of carbonyl (C=O) groups excluding carboxylic acids is 1. The molecule has 0 spiro atoms. The zero-order valence-electron chi connectivity index (χ0n) is 10.3. The summed E-state index contributed by atoms with van der Waals surface area (Å²) in [7, 11) is 0. The molecule has 0 heterocycles. The summed E-state index contributed by atoms with van der Waals surface area (Å²) in [6.45, 7) is 0.434. The number of rotatable bonds is 4. The summed E-state index contributed by atoms with van der Waals surface area (Å²) in [6.07, 6.45) is 7.12. The molecule has 1 saturated carbocycles. The summed E-state index contributed by atoms with van der Waals surface area (Å²) in [6, 6.07) is 8.17. The number of carbonyl (C=O) groups is 1. The first-order chi connectivity index (χ1) is 8.31. The summed E-state index contributed by atoms with van der Waals surface area (Å²) >= 11 is 0. The van der Waals surface area contributed by atoms with E-state index in [1.807, 2.05) is 12.1 Å². The highest BCUT2D eigenvalue weighted by molar-refractivity contribution is 5.96. The van der Waals surface area contributed by atoms with E-state index >= 15 is 0 Å². The van der Waals surface area contributed by atoms with Crippen LogP contribution in [0.5, 0.6) is 0 Å². The molecule has 1 aliphatic rings. The van der Waals surface area contributed by atoms with Crippen molar-refractivity contribution in [2.75, 3.05) is 6.54 Å². The average Bonchev–Trinajstić information content (AvgIpc) is 2.40. The molecule has 0 unspecified atom stereocenters. The highest BCUT2D eigenvalue weighted by Gasteiger charge is 2.15. The highest BCUT2D eigenvalue weighted by Crippen LogP contribution is 2.32. The SMILES string of the molecule is NCCC(=O)c1ccc(C2CCCCC2)cc1. The van der Waals surface area contributed by atoms with Gasteiger partial charge in [-0.3, -0.25) is 4.79 Å². The predicted octanol–water partition coefficient (Wildman–Crippen LogP) is 3.27. The molecular formula is C15H21NO. The van der Waals surface area contributed by atoms with Crippen LogP contribution in [0.4, 0.5) is 0 Å². The summed E-state index contributed by atoms with van der Waals surface area (Å²) in [5.41, 5.74) is 7.59. The van der Waals surface area contributed by atoms with Crippen molar-refractivity contribution in [3.63, 3.8) is 0 Å². The number of hydrogen-bond donors (Lipinski definition) is 1. The Bertz CT molecular complexity index is 363. The van der Waals surface area contributed by atoms with Gasteiger partial charge in [-0.1, -0.05) is 43.5 Å². The number of ketones is 1. The number of Topliss-reactive ketones (excluding diaryl/α,β-unsaturated/α-hetero) is 1. The minimum absolute atomic E-state index is 0.155. The van der Waals surface area contributed by atoms with E-state index in [2.05, 4.69) is 12.1 Å². The van der Waals surface area contributed by atoms with Crippen molar-refractivity contribution in [3.8, 4) is 0 Å². The Hall–Kier alpha value is -1.15. The molecule has 0 amide bonds. The van der Waals surface area contributed by atoms with Crippen LogP contribution in [0.1, 0.15) is 60.4 Å². The number of benzene rings is 1. The minimum Gasteiger partial charge on any atom is -0.330 e. The first kappa shape index (κ1) is 12.3. The van der Waals surface area contributed by atoms with Crippen LogP contribution in [-0.4, -0.2) is 12.3 Å². The maximum absolute atomic E-state index is 11.7. The van der Waals surface area contributed by atoms with E-state index in [0.29, 0.717) is 18.9 Å². The van der Waals surface area contributed by atoms with Crippen LogP contribution in [-0.2, 0) is 0 Å². The van der Waals surface area contributed by atoms with Crippen molar-refractivity contribution in [2.24, 2.45) is 5.73 Å². The number of nitrogens with two attached hydrogens (primary N) is 1. The zero-order valence-corrected chi connectivity index (χ0v) is 10.3. The van der Waals surface area contributed by atoms with Gasteiger partial charge in [-0.25, -0.2) is 0 Å². The fraction of sp³-hybridized carbons (Fsp3) is 0.533. The molecule has 2 nitrogen and oxygen atoms in total. The van der Waals surface area contributed by atoms with Crippen LogP contribution in [0.2, 0.25) is 0 Å². The molecule has 0 aromatic heterocycles. The third-order valence-electron chi connectivity index (χ3n) is 3.68. The second-order valence-corrected chi connectivity index (χ2v) is 4.92. The molecule has 17 heavy (non-hydrogen) atoms. The van der Waals surface area contributed by atoms with Gasteiger partial charge in [0.05, 0.1) is 0 Å². The smallest absolute Gasteiger partial charge is 0.164 e. The molecule has 2 heteroatoms. The van der Waals surface area contributed by atoms with Crippen LogP contribution in [0.15, 0.2) is 24.3 Å². The Morgan fingerprint density at radius 1 is 1.12 bits per heavy atom. The van der Waals surface area contributed by atoms with Gasteiger partial charge in [0.2, 0.25) is 0 Å². The van der Waals surface area contributed by atoms with E-state index in [4.69, 9.17) is 5.73 Å². The maximum atomic E-state index is 11.7. The molecule has 1 fully saturated rings. The first-order valence-electron chi connectivity index (χ1n) is 6.64. The molecule has 1 aromatic carbocycles. The molecule has 1 aliphatic carbocycles. The molecule has 92 valence electrons. The monoisotopic (exact) mass is 231 g/mol. The Kier molecular flexibility index (Phi) is 4.32. The van der Waals surface area contributed by atoms with Gasteiger partial charge in [-0.05, 0) is 30.9 Å². The van der Waals surface area contributed by atoms with E-state index in [0.717, 1.165) is 5.56 Å². The van der Waals surface area contributed by atoms with Crippen molar-refractivity contribution in [3.05, 3.63) is 35.4 Å². The molecule has 1 aromatic rings. The van der Waals surface area contributed by atoms with Crippen LogP contribution in [0, 0.1) is 0 Å². The zero-order chi connectivity index (χ0) is 12.1. The molecule has 0 bridgehead atoms. The maximum Gasteiger partial charge on any atom is 0.164 e. The van der Waals surface area contributed by atoms with Crippen molar-refractivity contribution < 1.29 is 4.79 Å². The van der Waals surface area contributed by atoms with Crippen molar-refractivity contribution in [1.82, 2.24) is 0 Å². The minimum atomic E-state index is 0.155. The van der Waals surface area contributed by atoms with Gasteiger partial charge in [0, 0.05) is 12.0 Å². The van der Waals surface area contributed by atoms with E-state index < -0.39 is 0 Å². The van der Waals surface area contributed by atoms with Gasteiger partial charge in [-0.2, -0.15) is 0 Å². The van der Waals surface area contributed by atoms with Crippen molar-refractivity contribution in [2.45, 2.75) is 44.4 Å². The lowest BCUT2D eigenvalue weighted by molar-refractivity contribution is 0.0985. The molecule has 2 N–H and O–H groups in total. The van der Waals surface area contributed by atoms with Gasteiger partial charge in [0.1, 0.15) is 0 Å². The standard InChI is InChI=1S/C15H21NO/c16-11-10-15(17)14-8-6-13(7-9-14)12-4-2-1-3-5-12/h6-9,12H,1-5,10-11,16H2. The van der Waals surface area contributed by atoms with Gasteiger partial charge in [-0.15, -0.1) is 0 Å². The fourth-order valence-electron chi connectivity index (χ4n) is 2.65. The topological polar surface area (TPSA) is 43.1 Å². The summed E-state index contributed by atoms with van der Waals surface area (Å²) < 4.78 is 0. The van der Waals surface area contributed by atoms with Gasteiger partial charge >= 0.3 is 0 Å². The van der Waals surface area contributed by atoms with Gasteiger partial charge in [0.25, 0.3) is 0 Å². The lowest BCUT2D eigenvalue weighted by Gasteiger charge is -2.22. The van der Waals surface area contributed by atoms with Crippen LogP contribution >= 0.6 is 0 Å². The Morgan fingerprint density at radius 3 is 2.35 bits per heavy atom. The van der Waals surface area contributed by atoms with E-state index in [9.17, 15) is 4.79 Å². The fourth-order valence-corrected chi connectivity index (χ4v) is 2.65. The summed E-state index contributed by atoms with van der Waals surface area (Å²) in [5.74, 6) is 0.866. The third kappa shape index (κ3) is 3.16. The lowest BCUT2D eigenvalue weighted by Crippen LogP contribution is -2.09.